The van der Waals surface area contributed by atoms with Crippen LogP contribution in [0.25, 0.3) is 0 Å². The molecule has 1 aliphatic rings. The van der Waals surface area contributed by atoms with E-state index in [0.29, 0.717) is 18.7 Å². The van der Waals surface area contributed by atoms with E-state index in [1.165, 1.54) is 0 Å². The van der Waals surface area contributed by atoms with E-state index in [1.807, 2.05) is 25.2 Å². The van der Waals surface area contributed by atoms with E-state index in [-0.39, 0.29) is 12.0 Å². The van der Waals surface area contributed by atoms with Crippen LogP contribution in [0.1, 0.15) is 23.2 Å². The number of nitrogens with one attached hydrogen (secondary N) is 1. The fraction of sp³-hybridized carbons (Fsp3) is 0.562. The Kier molecular flexibility index (Phi) is 6.02. The van der Waals surface area contributed by atoms with Crippen LogP contribution in [0.15, 0.2) is 24.3 Å². The number of carbonyl (C=O) groups excluding carboxylic acids is 1. The Labute approximate surface area is 126 Å². The van der Waals surface area contributed by atoms with Crippen LogP contribution >= 0.6 is 0 Å². The summed E-state index contributed by atoms with van der Waals surface area (Å²) in [7, 11) is 3.68. The van der Waals surface area contributed by atoms with E-state index in [2.05, 4.69) is 5.32 Å². The van der Waals surface area contributed by atoms with E-state index in [0.717, 1.165) is 31.7 Å². The molecule has 1 amide bonds. The molecule has 1 saturated heterocycles. The molecule has 1 atom stereocenters. The first-order valence-electron chi connectivity index (χ1n) is 7.45. The maximum Gasteiger partial charge on any atom is 0.253 e. The van der Waals surface area contributed by atoms with Gasteiger partial charge in [0.05, 0.1) is 6.10 Å². The summed E-state index contributed by atoms with van der Waals surface area (Å²) >= 11 is 0. The summed E-state index contributed by atoms with van der Waals surface area (Å²) in [4.78, 5) is 14.0. The summed E-state index contributed by atoms with van der Waals surface area (Å²) in [5, 5.41) is 3.04. The van der Waals surface area contributed by atoms with Gasteiger partial charge in [0.25, 0.3) is 5.91 Å². The predicted molar refractivity (Wildman–Crippen MR) is 81.8 cm³/mol. The minimum absolute atomic E-state index is 0.00724. The van der Waals surface area contributed by atoms with E-state index in [9.17, 15) is 4.79 Å². The van der Waals surface area contributed by atoms with Crippen LogP contribution in [0.2, 0.25) is 0 Å². The molecule has 116 valence electrons. The highest BCUT2D eigenvalue weighted by molar-refractivity contribution is 5.94. The molecule has 0 bridgehead atoms. The molecule has 1 heterocycles. The summed E-state index contributed by atoms with van der Waals surface area (Å²) < 4.78 is 11.3. The Morgan fingerprint density at radius 1 is 1.52 bits per heavy atom. The molecule has 1 unspecified atom stereocenters. The molecule has 1 aliphatic heterocycles. The molecule has 0 spiro atoms. The molecular formula is C16H24N2O3. The zero-order valence-electron chi connectivity index (χ0n) is 12.8. The SMILES string of the molecule is CNCCN(C)C(=O)c1cccc(OCC2CCCO2)c1. The summed E-state index contributed by atoms with van der Waals surface area (Å²) in [6.07, 6.45) is 2.33. The summed E-state index contributed by atoms with van der Waals surface area (Å²) in [5.41, 5.74) is 0.651. The second kappa shape index (κ2) is 8.00. The quantitative estimate of drug-likeness (QED) is 0.828. The molecule has 0 aliphatic carbocycles. The van der Waals surface area contributed by atoms with Crippen molar-refractivity contribution in [3.8, 4) is 5.75 Å². The smallest absolute Gasteiger partial charge is 0.253 e. The van der Waals surface area contributed by atoms with Gasteiger partial charge in [0.1, 0.15) is 12.4 Å². The molecule has 0 saturated carbocycles. The lowest BCUT2D eigenvalue weighted by molar-refractivity contribution is 0.0678. The van der Waals surface area contributed by atoms with Crippen molar-refractivity contribution in [3.05, 3.63) is 29.8 Å². The highest BCUT2D eigenvalue weighted by atomic mass is 16.5. The number of hydrogen-bond acceptors (Lipinski definition) is 4. The Morgan fingerprint density at radius 2 is 2.38 bits per heavy atom. The molecule has 5 heteroatoms. The van der Waals surface area contributed by atoms with Gasteiger partial charge in [-0.3, -0.25) is 4.79 Å². The van der Waals surface area contributed by atoms with Gasteiger partial charge < -0.3 is 19.7 Å². The predicted octanol–water partition coefficient (Wildman–Crippen LogP) is 1.54. The number of amides is 1. The van der Waals surface area contributed by atoms with Gasteiger partial charge in [0, 0.05) is 32.3 Å². The van der Waals surface area contributed by atoms with Gasteiger partial charge in [-0.2, -0.15) is 0 Å². The third kappa shape index (κ3) is 4.72. The van der Waals surface area contributed by atoms with Gasteiger partial charge in [0.15, 0.2) is 0 Å². The maximum atomic E-state index is 12.3. The Morgan fingerprint density at radius 3 is 3.10 bits per heavy atom. The number of rotatable bonds is 7. The van der Waals surface area contributed by atoms with E-state index < -0.39 is 0 Å². The van der Waals surface area contributed by atoms with Crippen LogP contribution in [-0.4, -0.2) is 57.3 Å². The average Bonchev–Trinajstić information content (AvgIpc) is 3.03. The minimum atomic E-state index is 0.00724. The first kappa shape index (κ1) is 15.8. The standard InChI is InChI=1S/C16H24N2O3/c1-17-8-9-18(2)16(19)13-5-3-6-14(11-13)21-12-15-7-4-10-20-15/h3,5-6,11,15,17H,4,7-10,12H2,1-2H3. The van der Waals surface area contributed by atoms with Crippen molar-refractivity contribution in [2.75, 3.05) is 40.4 Å². The lowest BCUT2D eigenvalue weighted by atomic mass is 10.2. The lowest BCUT2D eigenvalue weighted by Crippen LogP contribution is -2.32. The first-order chi connectivity index (χ1) is 10.2. The van der Waals surface area contributed by atoms with E-state index in [4.69, 9.17) is 9.47 Å². The number of hydrogen-bond donors (Lipinski definition) is 1. The van der Waals surface area contributed by atoms with Gasteiger partial charge in [-0.1, -0.05) is 6.07 Å². The van der Waals surface area contributed by atoms with E-state index >= 15 is 0 Å². The van der Waals surface area contributed by atoms with Gasteiger partial charge in [-0.15, -0.1) is 0 Å². The summed E-state index contributed by atoms with van der Waals surface area (Å²) in [6, 6.07) is 7.34. The molecule has 0 aromatic heterocycles. The molecule has 5 nitrogen and oxygen atoms in total. The normalized spacial score (nSPS) is 17.7. The fourth-order valence-corrected chi connectivity index (χ4v) is 2.29. The molecule has 1 aromatic carbocycles. The minimum Gasteiger partial charge on any atom is -0.491 e. The topological polar surface area (TPSA) is 50.8 Å². The van der Waals surface area contributed by atoms with Gasteiger partial charge in [-0.25, -0.2) is 0 Å². The highest BCUT2D eigenvalue weighted by Crippen LogP contribution is 2.18. The molecule has 0 radical (unpaired) electrons. The first-order valence-corrected chi connectivity index (χ1v) is 7.45. The van der Waals surface area contributed by atoms with Crippen LogP contribution in [0, 0.1) is 0 Å². The number of nitrogens with zero attached hydrogens (tertiary/aromatic N) is 1. The van der Waals surface area contributed by atoms with Crippen LogP contribution < -0.4 is 10.1 Å². The summed E-state index contributed by atoms with van der Waals surface area (Å²) in [5.74, 6) is 0.728. The molecule has 1 aromatic rings. The summed E-state index contributed by atoms with van der Waals surface area (Å²) in [6.45, 7) is 2.82. The molecular weight excluding hydrogens is 268 g/mol. The molecule has 2 rings (SSSR count). The maximum absolute atomic E-state index is 12.3. The van der Waals surface area contributed by atoms with Crippen LogP contribution in [-0.2, 0) is 4.74 Å². The number of likely N-dealkylation sites (N-methyl/N-ethyl adjacent to an activating group) is 2. The number of carbonyl (C=O) groups is 1. The highest BCUT2D eigenvalue weighted by Gasteiger charge is 2.16. The second-order valence-electron chi connectivity index (χ2n) is 5.30. The van der Waals surface area contributed by atoms with E-state index in [1.54, 1.807) is 18.0 Å². The second-order valence-corrected chi connectivity index (χ2v) is 5.30. The van der Waals surface area contributed by atoms with Crippen molar-refractivity contribution < 1.29 is 14.3 Å². The van der Waals surface area contributed by atoms with Gasteiger partial charge >= 0.3 is 0 Å². The lowest BCUT2D eigenvalue weighted by Gasteiger charge is -2.17. The largest absolute Gasteiger partial charge is 0.491 e. The molecule has 21 heavy (non-hydrogen) atoms. The average molecular weight is 292 g/mol. The number of ether oxygens (including phenoxy) is 2. The third-order valence-corrected chi connectivity index (χ3v) is 3.58. The van der Waals surface area contributed by atoms with Crippen molar-refractivity contribution in [2.24, 2.45) is 0 Å². The van der Waals surface area contributed by atoms with Crippen molar-refractivity contribution in [1.82, 2.24) is 10.2 Å². The fourth-order valence-electron chi connectivity index (χ4n) is 2.29. The Bertz CT molecular complexity index is 459. The zero-order valence-corrected chi connectivity index (χ0v) is 12.8. The monoisotopic (exact) mass is 292 g/mol. The molecule has 1 fully saturated rings. The van der Waals surface area contributed by atoms with Crippen LogP contribution in [0.5, 0.6) is 5.75 Å². The van der Waals surface area contributed by atoms with Crippen LogP contribution in [0.4, 0.5) is 0 Å². The van der Waals surface area contributed by atoms with Crippen molar-refractivity contribution in [3.63, 3.8) is 0 Å². The third-order valence-electron chi connectivity index (χ3n) is 3.58. The van der Waals surface area contributed by atoms with Gasteiger partial charge in [-0.05, 0) is 38.1 Å². The van der Waals surface area contributed by atoms with Gasteiger partial charge in [0.2, 0.25) is 0 Å². The Hall–Kier alpha value is -1.59. The zero-order chi connectivity index (χ0) is 15.1. The van der Waals surface area contributed by atoms with Crippen molar-refractivity contribution in [2.45, 2.75) is 18.9 Å². The number of benzene rings is 1. The van der Waals surface area contributed by atoms with Crippen LogP contribution in [0.3, 0.4) is 0 Å². The molecule has 1 N–H and O–H groups in total. The van der Waals surface area contributed by atoms with Crippen molar-refractivity contribution >= 4 is 5.91 Å². The Balaban J connectivity index is 1.91. The van der Waals surface area contributed by atoms with Crippen molar-refractivity contribution in [1.29, 1.82) is 0 Å².